The number of fused-ring (bicyclic) bond motifs is 1. The Morgan fingerprint density at radius 3 is 2.79 bits per heavy atom. The molecule has 2 atom stereocenters. The minimum Gasteiger partial charge on any atom is -0.377 e. The lowest BCUT2D eigenvalue weighted by molar-refractivity contribution is 0.198. The Morgan fingerprint density at radius 1 is 1.50 bits per heavy atom. The van der Waals surface area contributed by atoms with Crippen LogP contribution in [0.15, 0.2) is 5.10 Å². The van der Waals surface area contributed by atoms with Crippen molar-refractivity contribution in [3.05, 3.63) is 0 Å². The molecule has 80 valence electrons. The van der Waals surface area contributed by atoms with Crippen LogP contribution in [0.3, 0.4) is 0 Å². The summed E-state index contributed by atoms with van der Waals surface area (Å²) < 4.78 is 0. The number of urea groups is 1. The second-order valence-corrected chi connectivity index (χ2v) is 4.17. The van der Waals surface area contributed by atoms with Crippen LogP contribution in [0.25, 0.3) is 0 Å². The third-order valence-electron chi connectivity index (χ3n) is 2.22. The predicted octanol–water partition coefficient (Wildman–Crippen LogP) is -0.376. The van der Waals surface area contributed by atoms with E-state index in [-0.39, 0.29) is 30.0 Å². The third-order valence-corrected chi connectivity index (χ3v) is 3.37. The quantitative estimate of drug-likeness (QED) is 0.603. The molecule has 0 aromatic heterocycles. The Bertz CT molecular complexity index is 285. The highest BCUT2D eigenvalue weighted by molar-refractivity contribution is 8.14. The molecule has 2 rings (SSSR count). The maximum absolute atomic E-state index is 11.5. The van der Waals surface area contributed by atoms with E-state index in [2.05, 4.69) is 10.5 Å². The zero-order chi connectivity index (χ0) is 9.59. The summed E-state index contributed by atoms with van der Waals surface area (Å²) in [5.74, 6) is 0. The Balaban J connectivity index is 0.000000980. The van der Waals surface area contributed by atoms with Crippen molar-refractivity contribution >= 4 is 35.4 Å². The van der Waals surface area contributed by atoms with E-state index < -0.39 is 0 Å². The molecule has 1 saturated heterocycles. The van der Waals surface area contributed by atoms with Crippen molar-refractivity contribution in [2.24, 2.45) is 10.8 Å². The van der Waals surface area contributed by atoms with Crippen LogP contribution in [-0.4, -0.2) is 46.6 Å². The van der Waals surface area contributed by atoms with Gasteiger partial charge in [0, 0.05) is 14.1 Å². The predicted molar refractivity (Wildman–Crippen MR) is 58.1 cm³/mol. The molecule has 2 amide bonds. The second kappa shape index (κ2) is 3.74. The number of hydrogen-bond acceptors (Lipinski definition) is 5. The number of nitrogens with zero attached hydrogens (tertiary/aromatic N) is 3. The molecule has 2 unspecified atom stereocenters. The fraction of sp³-hybridized carbons (Fsp3) is 0.667. The summed E-state index contributed by atoms with van der Waals surface area (Å²) in [6, 6.07) is -0.0140. The van der Waals surface area contributed by atoms with Crippen molar-refractivity contribution in [3.63, 3.8) is 0 Å². The highest BCUT2D eigenvalue weighted by Crippen LogP contribution is 2.29. The van der Waals surface area contributed by atoms with Crippen LogP contribution in [0.2, 0.25) is 0 Å². The van der Waals surface area contributed by atoms with E-state index in [0.717, 1.165) is 0 Å². The molecule has 1 fully saturated rings. The van der Waals surface area contributed by atoms with Crippen LogP contribution < -0.4 is 11.2 Å². The fourth-order valence-corrected chi connectivity index (χ4v) is 2.43. The monoisotopic (exact) mass is 237 g/mol. The summed E-state index contributed by atoms with van der Waals surface area (Å²) in [4.78, 5) is 14.8. The van der Waals surface area contributed by atoms with Crippen LogP contribution >= 0.6 is 24.2 Å². The maximum atomic E-state index is 11.5. The lowest BCUT2D eigenvalue weighted by Gasteiger charge is -2.27. The summed E-state index contributed by atoms with van der Waals surface area (Å²) >= 11 is 1.40. The molecule has 3 N–H and O–H groups in total. The SMILES string of the molecule is CN1C(=O)N(C)C2SC(N)=NNC21.Cl. The smallest absolute Gasteiger partial charge is 0.322 e. The number of halogens is 1. The molecule has 0 aromatic rings. The summed E-state index contributed by atoms with van der Waals surface area (Å²) in [6.07, 6.45) is -0.0743. The number of amidine groups is 1. The summed E-state index contributed by atoms with van der Waals surface area (Å²) in [7, 11) is 3.50. The molecule has 0 aliphatic carbocycles. The fourth-order valence-electron chi connectivity index (χ4n) is 1.45. The van der Waals surface area contributed by atoms with Crippen LogP contribution in [0.1, 0.15) is 0 Å². The van der Waals surface area contributed by atoms with Gasteiger partial charge in [-0.15, -0.1) is 12.4 Å². The highest BCUT2D eigenvalue weighted by Gasteiger charge is 2.44. The molecule has 0 saturated carbocycles. The van der Waals surface area contributed by atoms with Gasteiger partial charge in [0.1, 0.15) is 11.5 Å². The largest absolute Gasteiger partial charge is 0.377 e. The molecular weight excluding hydrogens is 226 g/mol. The van der Waals surface area contributed by atoms with Gasteiger partial charge in [-0.05, 0) is 0 Å². The van der Waals surface area contributed by atoms with Crippen LogP contribution in [0.4, 0.5) is 4.79 Å². The first kappa shape index (κ1) is 11.3. The molecule has 0 spiro atoms. The molecule has 2 aliphatic heterocycles. The summed E-state index contributed by atoms with van der Waals surface area (Å²) in [5.41, 5.74) is 8.38. The number of hydrogen-bond donors (Lipinski definition) is 2. The number of amides is 2. The molecule has 14 heavy (non-hydrogen) atoms. The number of thioether (sulfide) groups is 1. The van der Waals surface area contributed by atoms with E-state index in [4.69, 9.17) is 5.73 Å². The summed E-state index contributed by atoms with van der Waals surface area (Å²) in [5, 5.41) is 4.37. The van der Waals surface area contributed by atoms with Crippen molar-refractivity contribution in [3.8, 4) is 0 Å². The number of nitrogens with two attached hydrogens (primary N) is 1. The van der Waals surface area contributed by atoms with E-state index in [0.29, 0.717) is 5.17 Å². The molecule has 0 bridgehead atoms. The van der Waals surface area contributed by atoms with Gasteiger partial charge in [0.05, 0.1) is 0 Å². The number of carbonyl (C=O) groups excluding carboxylic acids is 1. The zero-order valence-corrected chi connectivity index (χ0v) is 9.43. The molecule has 2 heterocycles. The average Bonchev–Trinajstić information content (AvgIpc) is 2.32. The molecule has 0 aromatic carbocycles. The van der Waals surface area contributed by atoms with Crippen LogP contribution in [0.5, 0.6) is 0 Å². The van der Waals surface area contributed by atoms with Gasteiger partial charge in [-0.3, -0.25) is 5.43 Å². The lowest BCUT2D eigenvalue weighted by Crippen LogP contribution is -2.47. The van der Waals surface area contributed by atoms with Crippen LogP contribution in [0, 0.1) is 0 Å². The normalized spacial score (nSPS) is 30.4. The van der Waals surface area contributed by atoms with E-state index >= 15 is 0 Å². The van der Waals surface area contributed by atoms with Gasteiger partial charge in [0.25, 0.3) is 0 Å². The minimum atomic E-state index is -0.0743. The van der Waals surface area contributed by atoms with Gasteiger partial charge < -0.3 is 15.5 Å². The van der Waals surface area contributed by atoms with E-state index in [1.165, 1.54) is 11.8 Å². The number of likely N-dealkylation sites (N-methyl/N-ethyl adjacent to an activating group) is 2. The Morgan fingerprint density at radius 2 is 2.14 bits per heavy atom. The van der Waals surface area contributed by atoms with E-state index in [9.17, 15) is 4.79 Å². The van der Waals surface area contributed by atoms with Crippen molar-refractivity contribution in [2.75, 3.05) is 14.1 Å². The molecule has 2 aliphatic rings. The topological polar surface area (TPSA) is 74.0 Å². The molecule has 6 nitrogen and oxygen atoms in total. The van der Waals surface area contributed by atoms with E-state index in [1.807, 2.05) is 0 Å². The zero-order valence-electron chi connectivity index (χ0n) is 7.80. The average molecular weight is 238 g/mol. The third kappa shape index (κ3) is 1.46. The standard InChI is InChI=1S/C6H11N5OS.ClH/c1-10-3-4(11(2)6(10)12)13-5(7)9-8-3;/h3-4,8H,1-2H3,(H2,7,9);1H. The number of hydrazone groups is 1. The molecule has 8 heteroatoms. The Hall–Kier alpha value is -0.820. The molecular formula is C6H12ClN5OS. The van der Waals surface area contributed by atoms with Crippen molar-refractivity contribution < 1.29 is 4.79 Å². The Kier molecular flexibility index (Phi) is 3.01. The van der Waals surface area contributed by atoms with Crippen molar-refractivity contribution in [1.82, 2.24) is 15.2 Å². The maximum Gasteiger partial charge on any atom is 0.322 e. The second-order valence-electron chi connectivity index (χ2n) is 3.04. The first-order valence-electron chi connectivity index (χ1n) is 3.86. The lowest BCUT2D eigenvalue weighted by atomic mass is 10.5. The van der Waals surface area contributed by atoms with E-state index in [1.54, 1.807) is 23.9 Å². The number of carbonyl (C=O) groups is 1. The highest BCUT2D eigenvalue weighted by atomic mass is 35.5. The van der Waals surface area contributed by atoms with Gasteiger partial charge in [-0.2, -0.15) is 5.10 Å². The van der Waals surface area contributed by atoms with Gasteiger partial charge >= 0.3 is 6.03 Å². The van der Waals surface area contributed by atoms with Crippen molar-refractivity contribution in [2.45, 2.75) is 11.5 Å². The van der Waals surface area contributed by atoms with Gasteiger partial charge in [-0.25, -0.2) is 4.79 Å². The first-order chi connectivity index (χ1) is 6.11. The minimum absolute atomic E-state index is 0. The molecule has 0 radical (unpaired) electrons. The van der Waals surface area contributed by atoms with Crippen LogP contribution in [-0.2, 0) is 0 Å². The number of nitrogens with one attached hydrogen (secondary N) is 1. The first-order valence-corrected chi connectivity index (χ1v) is 4.74. The van der Waals surface area contributed by atoms with Gasteiger partial charge in [0.2, 0.25) is 0 Å². The van der Waals surface area contributed by atoms with Gasteiger partial charge in [0.15, 0.2) is 5.17 Å². The Labute approximate surface area is 92.3 Å². The number of rotatable bonds is 0. The summed E-state index contributed by atoms with van der Waals surface area (Å²) in [6.45, 7) is 0. The van der Waals surface area contributed by atoms with Crippen molar-refractivity contribution in [1.29, 1.82) is 0 Å². The van der Waals surface area contributed by atoms with Gasteiger partial charge in [-0.1, -0.05) is 11.8 Å².